The summed E-state index contributed by atoms with van der Waals surface area (Å²) in [6, 6.07) is 7.41. The predicted octanol–water partition coefficient (Wildman–Crippen LogP) is 1.88. The number of carboxylic acids is 1. The van der Waals surface area contributed by atoms with E-state index in [-0.39, 0.29) is 11.1 Å². The van der Waals surface area contributed by atoms with Crippen molar-refractivity contribution in [1.82, 2.24) is 9.97 Å². The van der Waals surface area contributed by atoms with Gasteiger partial charge in [-0.2, -0.15) is 0 Å². The molecule has 0 saturated carbocycles. The van der Waals surface area contributed by atoms with Crippen molar-refractivity contribution in [3.8, 4) is 11.5 Å². The fourth-order valence-electron chi connectivity index (χ4n) is 1.72. The van der Waals surface area contributed by atoms with Crippen LogP contribution in [-0.2, 0) is 0 Å². The molecule has 0 saturated heterocycles. The van der Waals surface area contributed by atoms with Crippen molar-refractivity contribution < 1.29 is 14.3 Å². The summed E-state index contributed by atoms with van der Waals surface area (Å²) in [5.74, 6) is -0.697. The quantitative estimate of drug-likeness (QED) is 0.729. The third-order valence-corrected chi connectivity index (χ3v) is 2.67. The van der Waals surface area contributed by atoms with Crippen LogP contribution in [0.4, 0.5) is 0 Å². The Morgan fingerprint density at radius 1 is 1.26 bits per heavy atom. The third kappa shape index (κ3) is 1.99. The first kappa shape index (κ1) is 11.2. The van der Waals surface area contributed by atoms with E-state index in [0.29, 0.717) is 22.6 Å². The molecule has 3 rings (SSSR count). The molecule has 0 atom stereocenters. The van der Waals surface area contributed by atoms with Gasteiger partial charge in [-0.15, -0.1) is 0 Å². The lowest BCUT2D eigenvalue weighted by Gasteiger charge is -1.92. The van der Waals surface area contributed by atoms with Crippen LogP contribution in [0, 0.1) is 0 Å². The molecule has 2 N–H and O–H groups in total. The number of nitrogens with zero attached hydrogens (tertiary/aromatic N) is 1. The van der Waals surface area contributed by atoms with Gasteiger partial charge in [0.05, 0.1) is 11.1 Å². The smallest absolute Gasteiger partial charge is 0.335 e. The molecule has 3 aromatic rings. The normalized spacial score (nSPS) is 10.7. The zero-order chi connectivity index (χ0) is 13.4. The number of carboxylic acid groups (broad SMARTS) is 1. The van der Waals surface area contributed by atoms with E-state index in [4.69, 9.17) is 9.52 Å². The maximum Gasteiger partial charge on any atom is 0.335 e. The van der Waals surface area contributed by atoms with Gasteiger partial charge in [-0.3, -0.25) is 4.79 Å². The van der Waals surface area contributed by atoms with Crippen molar-refractivity contribution in [3.63, 3.8) is 0 Å². The topological polar surface area (TPSA) is 96.2 Å². The summed E-state index contributed by atoms with van der Waals surface area (Å²) >= 11 is 0. The number of carbonyl (C=O) groups is 1. The second-order valence-electron chi connectivity index (χ2n) is 3.95. The minimum atomic E-state index is -1.02. The molecule has 0 aliphatic carbocycles. The number of nitrogens with one attached hydrogen (secondary N) is 1. The van der Waals surface area contributed by atoms with Crippen LogP contribution in [0.3, 0.4) is 0 Å². The van der Waals surface area contributed by atoms with Crippen LogP contribution in [-0.4, -0.2) is 21.0 Å². The van der Waals surface area contributed by atoms with E-state index in [2.05, 4.69) is 9.97 Å². The van der Waals surface area contributed by atoms with E-state index >= 15 is 0 Å². The predicted molar refractivity (Wildman–Crippen MR) is 67.0 cm³/mol. The number of aromatic amines is 1. The van der Waals surface area contributed by atoms with Crippen molar-refractivity contribution in [1.29, 1.82) is 0 Å². The van der Waals surface area contributed by atoms with Crippen LogP contribution < -0.4 is 5.56 Å². The molecule has 0 aliphatic heterocycles. The molecule has 0 bridgehead atoms. The van der Waals surface area contributed by atoms with Crippen LogP contribution in [0.1, 0.15) is 10.4 Å². The summed E-state index contributed by atoms with van der Waals surface area (Å²) in [6.45, 7) is 0. The molecule has 0 aliphatic rings. The summed E-state index contributed by atoms with van der Waals surface area (Å²) in [5.41, 5.74) is 1.49. The molecule has 19 heavy (non-hydrogen) atoms. The first-order chi connectivity index (χ1) is 9.13. The monoisotopic (exact) mass is 256 g/mol. The lowest BCUT2D eigenvalue weighted by atomic mass is 10.2. The van der Waals surface area contributed by atoms with E-state index in [1.807, 2.05) is 0 Å². The second-order valence-corrected chi connectivity index (χ2v) is 3.95. The van der Waals surface area contributed by atoms with Crippen molar-refractivity contribution in [2.45, 2.75) is 0 Å². The number of hydrogen-bond donors (Lipinski definition) is 2. The minimum absolute atomic E-state index is 0.136. The molecule has 6 nitrogen and oxygen atoms in total. The van der Waals surface area contributed by atoms with E-state index in [0.717, 1.165) is 0 Å². The molecule has 0 fully saturated rings. The van der Waals surface area contributed by atoms with Gasteiger partial charge in [-0.1, -0.05) is 0 Å². The first-order valence-corrected chi connectivity index (χ1v) is 5.46. The molecular formula is C13H8N2O4. The number of benzene rings is 1. The van der Waals surface area contributed by atoms with Gasteiger partial charge < -0.3 is 14.5 Å². The molecule has 2 aromatic heterocycles. The fourth-order valence-corrected chi connectivity index (χ4v) is 1.72. The summed E-state index contributed by atoms with van der Waals surface area (Å²) in [4.78, 5) is 28.6. The van der Waals surface area contributed by atoms with Gasteiger partial charge in [0.2, 0.25) is 11.4 Å². The number of oxazole rings is 1. The number of pyridine rings is 1. The van der Waals surface area contributed by atoms with Gasteiger partial charge in [0.25, 0.3) is 0 Å². The fraction of sp³-hybridized carbons (Fsp3) is 0. The third-order valence-electron chi connectivity index (χ3n) is 2.67. The Morgan fingerprint density at radius 3 is 2.79 bits per heavy atom. The Bertz CT molecular complexity index is 812. The average molecular weight is 256 g/mol. The number of fused-ring (bicyclic) bond motifs is 1. The molecule has 94 valence electrons. The average Bonchev–Trinajstić information content (AvgIpc) is 2.82. The van der Waals surface area contributed by atoms with E-state index in [1.54, 1.807) is 12.1 Å². The van der Waals surface area contributed by atoms with Gasteiger partial charge in [-0.25, -0.2) is 9.78 Å². The van der Waals surface area contributed by atoms with Gasteiger partial charge in [0.1, 0.15) is 5.52 Å². The SMILES string of the molecule is O=C(O)c1ccc2nc(-c3ccc(=O)[nH]c3)oc2c1. The zero-order valence-electron chi connectivity index (χ0n) is 9.58. The van der Waals surface area contributed by atoms with Crippen LogP contribution in [0.5, 0.6) is 0 Å². The molecule has 2 heterocycles. The highest BCUT2D eigenvalue weighted by atomic mass is 16.4. The molecule has 0 amide bonds. The summed E-state index contributed by atoms with van der Waals surface area (Å²) in [6.07, 6.45) is 1.49. The Labute approximate surface area is 106 Å². The largest absolute Gasteiger partial charge is 0.478 e. The highest BCUT2D eigenvalue weighted by molar-refractivity contribution is 5.92. The standard InChI is InChI=1S/C13H8N2O4/c16-11-4-2-8(6-14-11)12-15-9-3-1-7(13(17)18)5-10(9)19-12/h1-6H,(H,14,16)(H,17,18). The van der Waals surface area contributed by atoms with Crippen molar-refractivity contribution >= 4 is 17.1 Å². The Kier molecular flexibility index (Phi) is 2.42. The number of hydrogen-bond acceptors (Lipinski definition) is 4. The minimum Gasteiger partial charge on any atom is -0.478 e. The second kappa shape index (κ2) is 4.09. The number of aromatic carboxylic acids is 1. The molecule has 0 spiro atoms. The van der Waals surface area contributed by atoms with Gasteiger partial charge in [0.15, 0.2) is 5.58 Å². The molecule has 0 unspecified atom stereocenters. The van der Waals surface area contributed by atoms with Crippen molar-refractivity contribution in [3.05, 3.63) is 52.4 Å². The zero-order valence-corrected chi connectivity index (χ0v) is 9.58. The number of rotatable bonds is 2. The van der Waals surface area contributed by atoms with Crippen LogP contribution >= 0.6 is 0 Å². The molecule has 6 heteroatoms. The van der Waals surface area contributed by atoms with Gasteiger partial charge in [0, 0.05) is 12.3 Å². The Hall–Kier alpha value is -2.89. The van der Waals surface area contributed by atoms with Crippen molar-refractivity contribution in [2.75, 3.05) is 0 Å². The van der Waals surface area contributed by atoms with Crippen LogP contribution in [0.2, 0.25) is 0 Å². The molecular weight excluding hydrogens is 248 g/mol. The van der Waals surface area contributed by atoms with Crippen molar-refractivity contribution in [2.24, 2.45) is 0 Å². The Morgan fingerprint density at radius 2 is 2.11 bits per heavy atom. The summed E-state index contributed by atoms with van der Waals surface area (Å²) < 4.78 is 5.49. The van der Waals surface area contributed by atoms with Gasteiger partial charge in [-0.05, 0) is 24.3 Å². The lowest BCUT2D eigenvalue weighted by molar-refractivity contribution is 0.0697. The number of H-pyrrole nitrogens is 1. The highest BCUT2D eigenvalue weighted by Crippen LogP contribution is 2.23. The van der Waals surface area contributed by atoms with Crippen LogP contribution in [0.15, 0.2) is 45.7 Å². The first-order valence-electron chi connectivity index (χ1n) is 5.46. The summed E-state index contributed by atoms with van der Waals surface area (Å²) in [5, 5.41) is 8.90. The molecule has 0 radical (unpaired) electrons. The summed E-state index contributed by atoms with van der Waals surface area (Å²) in [7, 11) is 0. The lowest BCUT2D eigenvalue weighted by Crippen LogP contribution is -2.01. The number of aromatic nitrogens is 2. The van der Waals surface area contributed by atoms with E-state index < -0.39 is 5.97 Å². The van der Waals surface area contributed by atoms with Crippen LogP contribution in [0.25, 0.3) is 22.6 Å². The highest BCUT2D eigenvalue weighted by Gasteiger charge is 2.11. The molecule has 1 aromatic carbocycles. The van der Waals surface area contributed by atoms with E-state index in [9.17, 15) is 9.59 Å². The maximum atomic E-state index is 11.0. The van der Waals surface area contributed by atoms with Gasteiger partial charge >= 0.3 is 5.97 Å². The van der Waals surface area contributed by atoms with E-state index in [1.165, 1.54) is 24.4 Å². The Balaban J connectivity index is 2.13. The maximum absolute atomic E-state index is 11.0.